The Morgan fingerprint density at radius 3 is 2.66 bits per heavy atom. The fourth-order valence-electron chi connectivity index (χ4n) is 5.07. The zero-order valence-corrected chi connectivity index (χ0v) is 17.5. The van der Waals surface area contributed by atoms with E-state index in [9.17, 15) is 9.59 Å². The number of amides is 2. The SMILES string of the molecule is O=C(NCCN1CCCCC1)c1n[nH]c2c1CN(C(=O)CCC1CCCC1)CC2. The van der Waals surface area contributed by atoms with Crippen LogP contribution in [0.1, 0.15) is 79.5 Å². The van der Waals surface area contributed by atoms with Crippen molar-refractivity contribution in [3.05, 3.63) is 17.0 Å². The summed E-state index contributed by atoms with van der Waals surface area (Å²) in [6.45, 7) is 5.02. The molecule has 1 saturated carbocycles. The van der Waals surface area contributed by atoms with Crippen LogP contribution in [0.2, 0.25) is 0 Å². The Morgan fingerprint density at radius 1 is 1.07 bits per heavy atom. The third-order valence-corrected chi connectivity index (χ3v) is 6.90. The molecule has 1 aromatic rings. The fraction of sp³-hybridized carbons (Fsp3) is 0.773. The van der Waals surface area contributed by atoms with Crippen molar-refractivity contribution in [3.63, 3.8) is 0 Å². The topological polar surface area (TPSA) is 81.3 Å². The molecule has 0 unspecified atom stereocenters. The number of carbonyl (C=O) groups excluding carboxylic acids is 2. The lowest BCUT2D eigenvalue weighted by molar-refractivity contribution is -0.132. The van der Waals surface area contributed by atoms with Crippen molar-refractivity contribution in [1.82, 2.24) is 25.3 Å². The molecule has 0 aromatic carbocycles. The molecule has 2 N–H and O–H groups in total. The molecule has 0 spiro atoms. The number of aromatic nitrogens is 2. The maximum absolute atomic E-state index is 12.7. The van der Waals surface area contributed by atoms with Gasteiger partial charge in [0.1, 0.15) is 0 Å². The number of nitrogens with zero attached hydrogens (tertiary/aromatic N) is 3. The highest BCUT2D eigenvalue weighted by molar-refractivity contribution is 5.94. The molecule has 2 amide bonds. The van der Waals surface area contributed by atoms with Crippen LogP contribution in [-0.2, 0) is 17.8 Å². The van der Waals surface area contributed by atoms with Gasteiger partial charge in [0.2, 0.25) is 5.91 Å². The molecule has 2 fully saturated rings. The van der Waals surface area contributed by atoms with Gasteiger partial charge >= 0.3 is 0 Å². The number of rotatable bonds is 7. The molecule has 1 aromatic heterocycles. The van der Waals surface area contributed by atoms with E-state index in [0.29, 0.717) is 31.7 Å². The number of nitrogens with one attached hydrogen (secondary N) is 2. The lowest BCUT2D eigenvalue weighted by Crippen LogP contribution is -2.39. The highest BCUT2D eigenvalue weighted by Gasteiger charge is 2.28. The van der Waals surface area contributed by atoms with Gasteiger partial charge in [-0.2, -0.15) is 5.10 Å². The van der Waals surface area contributed by atoms with Gasteiger partial charge in [0.25, 0.3) is 5.91 Å². The van der Waals surface area contributed by atoms with E-state index in [1.165, 1.54) is 44.9 Å². The number of likely N-dealkylation sites (tertiary alicyclic amines) is 1. The van der Waals surface area contributed by atoms with Crippen molar-refractivity contribution >= 4 is 11.8 Å². The summed E-state index contributed by atoms with van der Waals surface area (Å²) in [5.74, 6) is 0.828. The zero-order chi connectivity index (χ0) is 20.1. The van der Waals surface area contributed by atoms with E-state index in [4.69, 9.17) is 0 Å². The van der Waals surface area contributed by atoms with Crippen LogP contribution in [0.25, 0.3) is 0 Å². The van der Waals surface area contributed by atoms with Gasteiger partial charge in [-0.1, -0.05) is 32.1 Å². The predicted molar refractivity (Wildman–Crippen MR) is 112 cm³/mol. The Hall–Kier alpha value is -1.89. The minimum Gasteiger partial charge on any atom is -0.349 e. The lowest BCUT2D eigenvalue weighted by atomic mass is 10.00. The molecule has 160 valence electrons. The molecule has 7 nitrogen and oxygen atoms in total. The zero-order valence-electron chi connectivity index (χ0n) is 17.5. The van der Waals surface area contributed by atoms with Crippen molar-refractivity contribution in [2.45, 2.75) is 70.8 Å². The van der Waals surface area contributed by atoms with Gasteiger partial charge in [0.05, 0.1) is 0 Å². The first-order valence-corrected chi connectivity index (χ1v) is 11.5. The highest BCUT2D eigenvalue weighted by atomic mass is 16.2. The Labute approximate surface area is 173 Å². The second kappa shape index (κ2) is 9.74. The summed E-state index contributed by atoms with van der Waals surface area (Å²) in [5.41, 5.74) is 2.37. The summed E-state index contributed by atoms with van der Waals surface area (Å²) in [6, 6.07) is 0. The van der Waals surface area contributed by atoms with Crippen LogP contribution >= 0.6 is 0 Å². The van der Waals surface area contributed by atoms with E-state index in [2.05, 4.69) is 20.4 Å². The molecule has 1 saturated heterocycles. The molecule has 0 bridgehead atoms. The highest BCUT2D eigenvalue weighted by Crippen LogP contribution is 2.29. The molecule has 0 atom stereocenters. The van der Waals surface area contributed by atoms with Crippen LogP contribution in [0, 0.1) is 5.92 Å². The number of piperidine rings is 1. The summed E-state index contributed by atoms with van der Waals surface area (Å²) in [5, 5.41) is 10.3. The van der Waals surface area contributed by atoms with Gasteiger partial charge in [-0.15, -0.1) is 0 Å². The Morgan fingerprint density at radius 2 is 1.86 bits per heavy atom. The minimum atomic E-state index is -0.125. The lowest BCUT2D eigenvalue weighted by Gasteiger charge is -2.28. The summed E-state index contributed by atoms with van der Waals surface area (Å²) in [6.07, 6.45) is 11.4. The summed E-state index contributed by atoms with van der Waals surface area (Å²) in [7, 11) is 0. The standard InChI is InChI=1S/C22H35N5O2/c28-20(9-8-17-6-2-3-7-17)27-14-10-19-18(16-27)21(25-24-19)22(29)23-11-15-26-12-4-1-5-13-26/h17H,1-16H2,(H,23,29)(H,24,25). The molecule has 3 heterocycles. The number of carbonyl (C=O) groups is 2. The van der Waals surface area contributed by atoms with Gasteiger partial charge < -0.3 is 15.1 Å². The van der Waals surface area contributed by atoms with Crippen LogP contribution in [0.4, 0.5) is 0 Å². The Bertz CT molecular complexity index is 704. The van der Waals surface area contributed by atoms with Crippen LogP contribution in [0.15, 0.2) is 0 Å². The first kappa shape index (κ1) is 20.4. The van der Waals surface area contributed by atoms with E-state index >= 15 is 0 Å². The quantitative estimate of drug-likeness (QED) is 0.735. The fourth-order valence-corrected chi connectivity index (χ4v) is 5.07. The normalized spacial score (nSPS) is 20.6. The average Bonchev–Trinajstić information content (AvgIpc) is 3.42. The second-order valence-corrected chi connectivity index (χ2v) is 8.94. The molecule has 0 radical (unpaired) electrons. The van der Waals surface area contributed by atoms with E-state index < -0.39 is 0 Å². The van der Waals surface area contributed by atoms with Gasteiger partial charge in [0.15, 0.2) is 5.69 Å². The number of hydrogen-bond donors (Lipinski definition) is 2. The van der Waals surface area contributed by atoms with Crippen LogP contribution in [0.5, 0.6) is 0 Å². The van der Waals surface area contributed by atoms with E-state index in [1.54, 1.807) is 0 Å². The van der Waals surface area contributed by atoms with Crippen LogP contribution < -0.4 is 5.32 Å². The van der Waals surface area contributed by atoms with E-state index in [1.807, 2.05) is 4.90 Å². The predicted octanol–water partition coefficient (Wildman–Crippen LogP) is 2.48. The van der Waals surface area contributed by atoms with Crippen molar-refractivity contribution < 1.29 is 9.59 Å². The molecular formula is C22H35N5O2. The van der Waals surface area contributed by atoms with Crippen molar-refractivity contribution in [3.8, 4) is 0 Å². The molecule has 1 aliphatic carbocycles. The third-order valence-electron chi connectivity index (χ3n) is 6.90. The molecular weight excluding hydrogens is 366 g/mol. The van der Waals surface area contributed by atoms with E-state index in [-0.39, 0.29) is 11.8 Å². The average molecular weight is 402 g/mol. The largest absolute Gasteiger partial charge is 0.349 e. The van der Waals surface area contributed by atoms with Crippen molar-refractivity contribution in [1.29, 1.82) is 0 Å². The number of hydrogen-bond acceptors (Lipinski definition) is 4. The molecule has 4 rings (SSSR count). The maximum Gasteiger partial charge on any atom is 0.272 e. The number of H-pyrrole nitrogens is 1. The summed E-state index contributed by atoms with van der Waals surface area (Å²) in [4.78, 5) is 29.7. The van der Waals surface area contributed by atoms with Crippen molar-refractivity contribution in [2.75, 3.05) is 32.7 Å². The van der Waals surface area contributed by atoms with Crippen LogP contribution in [-0.4, -0.2) is 64.5 Å². The van der Waals surface area contributed by atoms with Gasteiger partial charge in [-0.05, 0) is 38.3 Å². The smallest absolute Gasteiger partial charge is 0.272 e. The molecule has 7 heteroatoms. The number of aromatic amines is 1. The Balaban J connectivity index is 1.28. The maximum atomic E-state index is 12.7. The Kier molecular flexibility index (Phi) is 6.85. The number of fused-ring (bicyclic) bond motifs is 1. The van der Waals surface area contributed by atoms with Gasteiger partial charge in [-0.3, -0.25) is 14.7 Å². The summed E-state index contributed by atoms with van der Waals surface area (Å²) >= 11 is 0. The first-order valence-electron chi connectivity index (χ1n) is 11.5. The molecule has 2 aliphatic heterocycles. The molecule has 3 aliphatic rings. The second-order valence-electron chi connectivity index (χ2n) is 8.94. The van der Waals surface area contributed by atoms with Crippen LogP contribution in [0.3, 0.4) is 0 Å². The summed E-state index contributed by atoms with van der Waals surface area (Å²) < 4.78 is 0. The van der Waals surface area contributed by atoms with Crippen molar-refractivity contribution in [2.24, 2.45) is 5.92 Å². The van der Waals surface area contributed by atoms with Gasteiger partial charge in [-0.25, -0.2) is 0 Å². The monoisotopic (exact) mass is 401 g/mol. The third kappa shape index (κ3) is 5.18. The first-order chi connectivity index (χ1) is 14.2. The molecule has 29 heavy (non-hydrogen) atoms. The van der Waals surface area contributed by atoms with E-state index in [0.717, 1.165) is 49.7 Å². The minimum absolute atomic E-state index is 0.125. The van der Waals surface area contributed by atoms with Gasteiger partial charge in [0, 0.05) is 50.3 Å².